The molecule has 0 atom stereocenters. The van der Waals surface area contributed by atoms with Crippen molar-refractivity contribution in [3.8, 4) is 17.0 Å². The summed E-state index contributed by atoms with van der Waals surface area (Å²) in [6.45, 7) is 6.12. The molecule has 3 rings (SSSR count). The Morgan fingerprint density at radius 3 is 2.71 bits per heavy atom. The number of rotatable bonds is 6. The molecule has 2 heterocycles. The van der Waals surface area contributed by atoms with Crippen molar-refractivity contribution < 1.29 is 4.74 Å². The molecule has 0 saturated heterocycles. The first kappa shape index (κ1) is 19.6. The SMILES string of the molecule is C/C=C\C(=C/CC)n1c(CC)cc2cccc(-c3ccnc(OC)c3)c2c1=O. The van der Waals surface area contributed by atoms with Crippen molar-refractivity contribution in [3.63, 3.8) is 0 Å². The zero-order valence-corrected chi connectivity index (χ0v) is 16.9. The Kier molecular flexibility index (Phi) is 6.09. The Morgan fingerprint density at radius 2 is 2.04 bits per heavy atom. The molecule has 1 aromatic carbocycles. The van der Waals surface area contributed by atoms with E-state index in [1.54, 1.807) is 13.3 Å². The summed E-state index contributed by atoms with van der Waals surface area (Å²) in [6, 6.07) is 11.9. The third kappa shape index (κ3) is 3.63. The number of allylic oxidation sites excluding steroid dienone is 4. The maximum atomic E-state index is 13.7. The van der Waals surface area contributed by atoms with Gasteiger partial charge in [0.05, 0.1) is 12.5 Å². The predicted molar refractivity (Wildman–Crippen MR) is 117 cm³/mol. The number of pyridine rings is 2. The second kappa shape index (κ2) is 8.70. The van der Waals surface area contributed by atoms with E-state index in [1.807, 2.05) is 54.0 Å². The summed E-state index contributed by atoms with van der Waals surface area (Å²) in [5, 5.41) is 1.65. The Morgan fingerprint density at radius 1 is 1.21 bits per heavy atom. The summed E-state index contributed by atoms with van der Waals surface area (Å²) in [6.07, 6.45) is 9.39. The Hall–Kier alpha value is -3.14. The maximum Gasteiger partial charge on any atom is 0.263 e. The van der Waals surface area contributed by atoms with Crippen molar-refractivity contribution in [2.45, 2.75) is 33.6 Å². The number of ether oxygens (including phenoxy) is 1. The molecule has 28 heavy (non-hydrogen) atoms. The molecule has 4 heteroatoms. The van der Waals surface area contributed by atoms with Gasteiger partial charge in [-0.3, -0.25) is 9.36 Å². The van der Waals surface area contributed by atoms with E-state index in [0.29, 0.717) is 11.3 Å². The lowest BCUT2D eigenvalue weighted by molar-refractivity contribution is 0.398. The van der Waals surface area contributed by atoms with E-state index in [0.717, 1.165) is 40.7 Å². The Labute approximate surface area is 165 Å². The topological polar surface area (TPSA) is 44.1 Å². The van der Waals surface area contributed by atoms with Gasteiger partial charge in [-0.25, -0.2) is 4.98 Å². The lowest BCUT2D eigenvalue weighted by Crippen LogP contribution is -2.23. The molecule has 2 aromatic heterocycles. The van der Waals surface area contributed by atoms with Gasteiger partial charge in [0.15, 0.2) is 0 Å². The second-order valence-corrected chi connectivity index (χ2v) is 6.52. The summed E-state index contributed by atoms with van der Waals surface area (Å²) >= 11 is 0. The Bertz CT molecular complexity index is 1110. The van der Waals surface area contributed by atoms with E-state index in [-0.39, 0.29) is 5.56 Å². The number of hydrogen-bond donors (Lipinski definition) is 0. The first-order valence-electron chi connectivity index (χ1n) is 9.65. The van der Waals surface area contributed by atoms with Gasteiger partial charge in [0.2, 0.25) is 5.88 Å². The average Bonchev–Trinajstić information content (AvgIpc) is 2.73. The fourth-order valence-electron chi connectivity index (χ4n) is 3.50. The van der Waals surface area contributed by atoms with Crippen molar-refractivity contribution >= 4 is 16.5 Å². The van der Waals surface area contributed by atoms with Crippen LogP contribution < -0.4 is 10.3 Å². The number of hydrogen-bond acceptors (Lipinski definition) is 3. The van der Waals surface area contributed by atoms with Crippen LogP contribution in [0.3, 0.4) is 0 Å². The summed E-state index contributed by atoms with van der Waals surface area (Å²) in [5.41, 5.74) is 3.71. The standard InChI is InChI=1S/C24H26N2O2/c1-5-9-20(10-6-2)26-19(7-3)15-18-11-8-12-21(23(18)24(26)27)17-13-14-25-22(16-17)28-4/h5,8-16H,6-7H2,1-4H3/b9-5-,20-10+. The molecule has 0 saturated carbocycles. The van der Waals surface area contributed by atoms with Crippen molar-refractivity contribution in [2.24, 2.45) is 0 Å². The van der Waals surface area contributed by atoms with Crippen molar-refractivity contribution in [3.05, 3.63) is 76.9 Å². The number of aromatic nitrogens is 2. The van der Waals surface area contributed by atoms with Crippen LogP contribution in [0.5, 0.6) is 5.88 Å². The normalized spacial score (nSPS) is 12.1. The van der Waals surface area contributed by atoms with Crippen molar-refractivity contribution in [2.75, 3.05) is 7.11 Å². The van der Waals surface area contributed by atoms with Gasteiger partial charge < -0.3 is 4.74 Å². The molecule has 0 radical (unpaired) electrons. The molecule has 0 fully saturated rings. The molecule has 0 bridgehead atoms. The third-order valence-electron chi connectivity index (χ3n) is 4.75. The molecule has 0 unspecified atom stereocenters. The lowest BCUT2D eigenvalue weighted by atomic mass is 9.99. The third-order valence-corrected chi connectivity index (χ3v) is 4.75. The molecule has 0 aliphatic rings. The summed E-state index contributed by atoms with van der Waals surface area (Å²) in [5.74, 6) is 0.528. The maximum absolute atomic E-state index is 13.7. The van der Waals surface area contributed by atoms with E-state index < -0.39 is 0 Å². The van der Waals surface area contributed by atoms with Gasteiger partial charge in [0, 0.05) is 23.7 Å². The molecule has 0 spiro atoms. The average molecular weight is 374 g/mol. The van der Waals surface area contributed by atoms with E-state index >= 15 is 0 Å². The molecule has 0 aliphatic carbocycles. The summed E-state index contributed by atoms with van der Waals surface area (Å²) in [7, 11) is 1.59. The van der Waals surface area contributed by atoms with Crippen LogP contribution in [0.4, 0.5) is 0 Å². The highest BCUT2D eigenvalue weighted by Crippen LogP contribution is 2.29. The van der Waals surface area contributed by atoms with Gasteiger partial charge in [-0.2, -0.15) is 0 Å². The minimum absolute atomic E-state index is 0.00136. The summed E-state index contributed by atoms with van der Waals surface area (Å²) < 4.78 is 7.11. The quantitative estimate of drug-likeness (QED) is 0.538. The molecule has 144 valence electrons. The van der Waals surface area contributed by atoms with Crippen LogP contribution in [0.25, 0.3) is 27.6 Å². The van der Waals surface area contributed by atoms with Crippen molar-refractivity contribution in [1.82, 2.24) is 9.55 Å². The van der Waals surface area contributed by atoms with Crippen LogP contribution in [-0.4, -0.2) is 16.7 Å². The zero-order chi connectivity index (χ0) is 20.1. The van der Waals surface area contributed by atoms with E-state index in [1.165, 1.54) is 0 Å². The highest BCUT2D eigenvalue weighted by Gasteiger charge is 2.15. The minimum Gasteiger partial charge on any atom is -0.481 e. The highest BCUT2D eigenvalue weighted by molar-refractivity contribution is 5.96. The van der Waals surface area contributed by atoms with Gasteiger partial charge in [-0.05, 0) is 54.5 Å². The molecular weight excluding hydrogens is 348 g/mol. The number of benzene rings is 1. The van der Waals surface area contributed by atoms with Crippen LogP contribution in [0, 0.1) is 0 Å². The number of fused-ring (bicyclic) bond motifs is 1. The summed E-state index contributed by atoms with van der Waals surface area (Å²) in [4.78, 5) is 17.9. The fourth-order valence-corrected chi connectivity index (χ4v) is 3.50. The molecule has 0 aliphatic heterocycles. The van der Waals surface area contributed by atoms with Gasteiger partial charge in [0.1, 0.15) is 0 Å². The molecule has 0 amide bonds. The van der Waals surface area contributed by atoms with Crippen LogP contribution in [0.15, 0.2) is 65.6 Å². The number of nitrogens with zero attached hydrogens (tertiary/aromatic N) is 2. The van der Waals surface area contributed by atoms with Crippen LogP contribution >= 0.6 is 0 Å². The molecular formula is C24H26N2O2. The lowest BCUT2D eigenvalue weighted by Gasteiger charge is -2.16. The van der Waals surface area contributed by atoms with E-state index in [9.17, 15) is 4.79 Å². The molecule has 0 N–H and O–H groups in total. The van der Waals surface area contributed by atoms with Crippen LogP contribution in [-0.2, 0) is 6.42 Å². The molecule has 4 nitrogen and oxygen atoms in total. The van der Waals surface area contributed by atoms with E-state index in [2.05, 4.69) is 31.0 Å². The highest BCUT2D eigenvalue weighted by atomic mass is 16.5. The van der Waals surface area contributed by atoms with Gasteiger partial charge in [-0.1, -0.05) is 44.2 Å². The van der Waals surface area contributed by atoms with Gasteiger partial charge in [0.25, 0.3) is 5.56 Å². The smallest absolute Gasteiger partial charge is 0.263 e. The number of methoxy groups -OCH3 is 1. The molecule has 3 aromatic rings. The fraction of sp³-hybridized carbons (Fsp3) is 0.250. The first-order valence-corrected chi connectivity index (χ1v) is 9.65. The minimum atomic E-state index is -0.00136. The van der Waals surface area contributed by atoms with Gasteiger partial charge >= 0.3 is 0 Å². The Balaban J connectivity index is 2.39. The largest absolute Gasteiger partial charge is 0.481 e. The first-order chi connectivity index (χ1) is 13.6. The van der Waals surface area contributed by atoms with Crippen molar-refractivity contribution in [1.29, 1.82) is 0 Å². The second-order valence-electron chi connectivity index (χ2n) is 6.52. The predicted octanol–water partition coefficient (Wildman–Crippen LogP) is 5.46. The van der Waals surface area contributed by atoms with Crippen LogP contribution in [0.2, 0.25) is 0 Å². The van der Waals surface area contributed by atoms with E-state index in [4.69, 9.17) is 4.74 Å². The monoisotopic (exact) mass is 374 g/mol. The zero-order valence-electron chi connectivity index (χ0n) is 16.9. The number of aryl methyl sites for hydroxylation is 1. The van der Waals surface area contributed by atoms with Crippen LogP contribution in [0.1, 0.15) is 32.9 Å². The van der Waals surface area contributed by atoms with Gasteiger partial charge in [-0.15, -0.1) is 0 Å².